The molecule has 0 unspecified atom stereocenters. The summed E-state index contributed by atoms with van der Waals surface area (Å²) in [6.07, 6.45) is 3.51. The molecule has 2 aromatic rings. The lowest BCUT2D eigenvalue weighted by Crippen LogP contribution is -2.08. The fraction of sp³-hybridized carbons (Fsp3) is 0.333. The van der Waals surface area contributed by atoms with Crippen LogP contribution >= 0.6 is 11.3 Å². The molecule has 0 radical (unpaired) electrons. The number of nitrogens with one attached hydrogen (secondary N) is 2. The van der Waals surface area contributed by atoms with Crippen LogP contribution in [0.5, 0.6) is 0 Å². The second kappa shape index (κ2) is 5.63. The molecular formula is C12H17N3OS. The molecule has 2 rings (SSSR count). The highest BCUT2D eigenvalue weighted by molar-refractivity contribution is 7.18. The first-order valence-corrected chi connectivity index (χ1v) is 5.88. The van der Waals surface area contributed by atoms with Crippen LogP contribution in [0, 0.1) is 0 Å². The van der Waals surface area contributed by atoms with Crippen molar-refractivity contribution in [2.45, 2.75) is 27.3 Å². The summed E-state index contributed by atoms with van der Waals surface area (Å²) in [6, 6.07) is 3.69. The van der Waals surface area contributed by atoms with Gasteiger partial charge in [-0.05, 0) is 19.9 Å². The standard InChI is InChI=1S/C11H13N3OS.CH4/c1-7(2)14-11-13-6-9(16-11)8-3-4-10(15)12-5-8;/h3-7H,1-2H3,(H,12,15)(H,13,14);1H4. The molecule has 2 N–H and O–H groups in total. The van der Waals surface area contributed by atoms with Crippen molar-refractivity contribution in [2.24, 2.45) is 0 Å². The maximum atomic E-state index is 10.9. The van der Waals surface area contributed by atoms with Gasteiger partial charge in [0.15, 0.2) is 5.13 Å². The Labute approximate surface area is 105 Å². The van der Waals surface area contributed by atoms with Gasteiger partial charge in [-0.1, -0.05) is 18.8 Å². The van der Waals surface area contributed by atoms with Crippen LogP contribution in [-0.4, -0.2) is 16.0 Å². The minimum absolute atomic E-state index is 0. The van der Waals surface area contributed by atoms with Gasteiger partial charge >= 0.3 is 0 Å². The van der Waals surface area contributed by atoms with Gasteiger partial charge in [0, 0.05) is 30.1 Å². The predicted molar refractivity (Wildman–Crippen MR) is 73.7 cm³/mol. The van der Waals surface area contributed by atoms with Gasteiger partial charge in [0.1, 0.15) is 0 Å². The van der Waals surface area contributed by atoms with Gasteiger partial charge in [-0.25, -0.2) is 4.98 Å². The van der Waals surface area contributed by atoms with Gasteiger partial charge < -0.3 is 10.3 Å². The molecule has 0 bridgehead atoms. The van der Waals surface area contributed by atoms with Gasteiger partial charge in [-0.3, -0.25) is 4.79 Å². The normalized spacial score (nSPS) is 10.1. The number of aromatic nitrogens is 2. The zero-order valence-corrected chi connectivity index (χ0v) is 9.97. The summed E-state index contributed by atoms with van der Waals surface area (Å²) in [6.45, 7) is 4.14. The zero-order valence-electron chi connectivity index (χ0n) is 9.15. The van der Waals surface area contributed by atoms with E-state index in [0.29, 0.717) is 6.04 Å². The first kappa shape index (κ1) is 13.4. The van der Waals surface area contributed by atoms with Gasteiger partial charge in [-0.2, -0.15) is 0 Å². The van der Waals surface area contributed by atoms with E-state index in [9.17, 15) is 4.79 Å². The SMILES string of the molecule is C.CC(C)Nc1ncc(-c2ccc(=O)[nH]c2)s1. The average molecular weight is 251 g/mol. The molecule has 0 saturated heterocycles. The van der Waals surface area contributed by atoms with Crippen molar-refractivity contribution >= 4 is 16.5 Å². The van der Waals surface area contributed by atoms with E-state index in [1.807, 2.05) is 6.20 Å². The fourth-order valence-electron chi connectivity index (χ4n) is 1.29. The molecular weight excluding hydrogens is 234 g/mol. The molecule has 4 nitrogen and oxygen atoms in total. The summed E-state index contributed by atoms with van der Waals surface area (Å²) >= 11 is 1.58. The highest BCUT2D eigenvalue weighted by Crippen LogP contribution is 2.27. The first-order chi connectivity index (χ1) is 7.65. The van der Waals surface area contributed by atoms with Gasteiger partial charge in [0.25, 0.3) is 0 Å². The predicted octanol–water partition coefficient (Wildman–Crippen LogP) is 2.95. The molecule has 2 heterocycles. The number of rotatable bonds is 3. The van der Waals surface area contributed by atoms with Crippen LogP contribution in [0.2, 0.25) is 0 Å². The molecule has 0 aliphatic heterocycles. The number of nitrogens with zero attached hydrogens (tertiary/aromatic N) is 1. The molecule has 0 atom stereocenters. The van der Waals surface area contributed by atoms with Gasteiger partial charge in [0.2, 0.25) is 5.56 Å². The van der Waals surface area contributed by atoms with E-state index in [4.69, 9.17) is 0 Å². The van der Waals surface area contributed by atoms with Crippen molar-refractivity contribution in [1.29, 1.82) is 0 Å². The molecule has 2 aromatic heterocycles. The second-order valence-electron chi connectivity index (χ2n) is 3.77. The number of thiazole rings is 1. The van der Waals surface area contributed by atoms with E-state index in [-0.39, 0.29) is 13.0 Å². The minimum atomic E-state index is -0.0891. The summed E-state index contributed by atoms with van der Waals surface area (Å²) in [7, 11) is 0. The number of hydrogen-bond acceptors (Lipinski definition) is 4. The zero-order chi connectivity index (χ0) is 11.5. The summed E-state index contributed by atoms with van der Waals surface area (Å²) in [4.78, 5) is 18.9. The Morgan fingerprint density at radius 1 is 1.41 bits per heavy atom. The van der Waals surface area contributed by atoms with E-state index < -0.39 is 0 Å². The third kappa shape index (κ3) is 3.42. The molecule has 0 aromatic carbocycles. The molecule has 0 spiro atoms. The molecule has 92 valence electrons. The second-order valence-corrected chi connectivity index (χ2v) is 4.80. The van der Waals surface area contributed by atoms with Crippen molar-refractivity contribution < 1.29 is 0 Å². The highest BCUT2D eigenvalue weighted by Gasteiger charge is 2.04. The first-order valence-electron chi connectivity index (χ1n) is 5.06. The Hall–Kier alpha value is -1.62. The smallest absolute Gasteiger partial charge is 0.247 e. The largest absolute Gasteiger partial charge is 0.359 e. The van der Waals surface area contributed by atoms with E-state index in [2.05, 4.69) is 29.1 Å². The average Bonchev–Trinajstić information content (AvgIpc) is 2.66. The van der Waals surface area contributed by atoms with Crippen LogP contribution in [0.25, 0.3) is 10.4 Å². The van der Waals surface area contributed by atoms with Crippen molar-refractivity contribution in [3.8, 4) is 10.4 Å². The Kier molecular flexibility index (Phi) is 4.45. The summed E-state index contributed by atoms with van der Waals surface area (Å²) < 4.78 is 0. The van der Waals surface area contributed by atoms with E-state index in [0.717, 1.165) is 15.6 Å². The third-order valence-corrected chi connectivity index (χ3v) is 2.96. The summed E-state index contributed by atoms with van der Waals surface area (Å²) in [5.74, 6) is 0. The molecule has 0 fully saturated rings. The van der Waals surface area contributed by atoms with Gasteiger partial charge in [0.05, 0.1) is 4.88 Å². The minimum Gasteiger partial charge on any atom is -0.359 e. The fourth-order valence-corrected chi connectivity index (χ4v) is 2.24. The van der Waals surface area contributed by atoms with E-state index >= 15 is 0 Å². The molecule has 17 heavy (non-hydrogen) atoms. The molecule has 0 aliphatic rings. The molecule has 5 heteroatoms. The van der Waals surface area contributed by atoms with Crippen LogP contribution < -0.4 is 10.9 Å². The Balaban J connectivity index is 0.00000144. The third-order valence-electron chi connectivity index (χ3n) is 1.99. The Morgan fingerprint density at radius 3 is 2.76 bits per heavy atom. The van der Waals surface area contributed by atoms with Crippen molar-refractivity contribution in [2.75, 3.05) is 5.32 Å². The molecule has 0 saturated carbocycles. The maximum Gasteiger partial charge on any atom is 0.247 e. The summed E-state index contributed by atoms with van der Waals surface area (Å²) in [5, 5.41) is 4.14. The lowest BCUT2D eigenvalue weighted by Gasteiger charge is -2.04. The van der Waals surface area contributed by atoms with Crippen LogP contribution in [0.4, 0.5) is 5.13 Å². The number of H-pyrrole nitrogens is 1. The topological polar surface area (TPSA) is 57.8 Å². The van der Waals surface area contributed by atoms with Gasteiger partial charge in [-0.15, -0.1) is 0 Å². The van der Waals surface area contributed by atoms with Crippen LogP contribution in [0.3, 0.4) is 0 Å². The number of hydrogen-bond donors (Lipinski definition) is 2. The maximum absolute atomic E-state index is 10.9. The molecule has 0 aliphatic carbocycles. The van der Waals surface area contributed by atoms with E-state index in [1.165, 1.54) is 6.07 Å². The number of aromatic amines is 1. The Morgan fingerprint density at radius 2 is 2.18 bits per heavy atom. The summed E-state index contributed by atoms with van der Waals surface area (Å²) in [5.41, 5.74) is 0.891. The van der Waals surface area contributed by atoms with Crippen molar-refractivity contribution in [3.05, 3.63) is 34.9 Å². The van der Waals surface area contributed by atoms with E-state index in [1.54, 1.807) is 23.6 Å². The van der Waals surface area contributed by atoms with Crippen molar-refractivity contribution in [1.82, 2.24) is 9.97 Å². The lowest BCUT2D eigenvalue weighted by atomic mass is 10.2. The van der Waals surface area contributed by atoms with Crippen LogP contribution in [-0.2, 0) is 0 Å². The number of anilines is 1. The van der Waals surface area contributed by atoms with Crippen LogP contribution in [0.1, 0.15) is 21.3 Å². The molecule has 0 amide bonds. The highest BCUT2D eigenvalue weighted by atomic mass is 32.1. The lowest BCUT2D eigenvalue weighted by molar-refractivity contribution is 0.896. The van der Waals surface area contributed by atoms with Crippen molar-refractivity contribution in [3.63, 3.8) is 0 Å². The quantitative estimate of drug-likeness (QED) is 0.881. The number of pyridine rings is 1. The van der Waals surface area contributed by atoms with Crippen LogP contribution in [0.15, 0.2) is 29.3 Å². The Bertz CT molecular complexity index is 510. The monoisotopic (exact) mass is 251 g/mol.